The van der Waals surface area contributed by atoms with Crippen LogP contribution in [0.25, 0.3) is 0 Å². The van der Waals surface area contributed by atoms with Crippen LogP contribution in [0.2, 0.25) is 0 Å². The number of hydrogen-bond donors (Lipinski definition) is 1. The highest BCUT2D eigenvalue weighted by Gasteiger charge is 2.48. The third-order valence-electron chi connectivity index (χ3n) is 6.72. The van der Waals surface area contributed by atoms with Gasteiger partial charge in [0.2, 0.25) is 5.91 Å². The fourth-order valence-electron chi connectivity index (χ4n) is 5.39. The molecule has 0 unspecified atom stereocenters. The Morgan fingerprint density at radius 3 is 2.57 bits per heavy atom. The average molecular weight is 322 g/mol. The summed E-state index contributed by atoms with van der Waals surface area (Å²) in [6, 6.07) is 0.203. The van der Waals surface area contributed by atoms with Crippen LogP contribution < -0.4 is 5.32 Å². The number of carbonyl (C=O) groups is 1. The second-order valence-corrected chi connectivity index (χ2v) is 7.86. The van der Waals surface area contributed by atoms with Crippen LogP contribution >= 0.6 is 0 Å². The van der Waals surface area contributed by atoms with Crippen molar-refractivity contribution < 1.29 is 14.3 Å². The molecule has 1 saturated carbocycles. The minimum atomic E-state index is 0.0827. The molecule has 5 heteroatoms. The second-order valence-electron chi connectivity index (χ2n) is 7.86. The van der Waals surface area contributed by atoms with Gasteiger partial charge in [-0.3, -0.25) is 9.69 Å². The van der Waals surface area contributed by atoms with Crippen molar-refractivity contribution in [2.75, 3.05) is 26.3 Å². The Labute approximate surface area is 139 Å². The molecule has 3 saturated heterocycles. The van der Waals surface area contributed by atoms with Crippen LogP contribution in [-0.4, -0.2) is 60.9 Å². The summed E-state index contributed by atoms with van der Waals surface area (Å²) in [4.78, 5) is 15.4. The van der Waals surface area contributed by atoms with Gasteiger partial charge in [-0.25, -0.2) is 0 Å². The van der Waals surface area contributed by atoms with Crippen molar-refractivity contribution in [2.45, 2.75) is 75.7 Å². The predicted molar refractivity (Wildman–Crippen MR) is 87.2 cm³/mol. The highest BCUT2D eigenvalue weighted by Crippen LogP contribution is 2.41. The van der Waals surface area contributed by atoms with Crippen molar-refractivity contribution in [3.8, 4) is 0 Å². The number of rotatable bonds is 4. The van der Waals surface area contributed by atoms with E-state index >= 15 is 0 Å². The first kappa shape index (κ1) is 15.9. The molecule has 3 heterocycles. The monoisotopic (exact) mass is 322 g/mol. The fraction of sp³-hybridized carbons (Fsp3) is 0.944. The lowest BCUT2D eigenvalue weighted by Crippen LogP contribution is -2.62. The lowest BCUT2D eigenvalue weighted by Gasteiger charge is -2.47. The molecule has 2 bridgehead atoms. The quantitative estimate of drug-likeness (QED) is 0.856. The summed E-state index contributed by atoms with van der Waals surface area (Å²) >= 11 is 0. The van der Waals surface area contributed by atoms with Gasteiger partial charge in [-0.2, -0.15) is 0 Å². The number of nitrogens with one attached hydrogen (secondary N) is 1. The Morgan fingerprint density at radius 1 is 1.22 bits per heavy atom. The molecule has 4 atom stereocenters. The first-order valence-corrected chi connectivity index (χ1v) is 9.48. The van der Waals surface area contributed by atoms with Gasteiger partial charge in [0.15, 0.2) is 0 Å². The van der Waals surface area contributed by atoms with Crippen LogP contribution in [-0.2, 0) is 14.3 Å². The Kier molecular flexibility index (Phi) is 4.37. The molecule has 3 aliphatic heterocycles. The molecule has 4 fully saturated rings. The zero-order valence-corrected chi connectivity index (χ0v) is 14.3. The summed E-state index contributed by atoms with van der Waals surface area (Å²) in [5, 5.41) is 3.39. The molecule has 4 rings (SSSR count). The Balaban J connectivity index is 1.43. The van der Waals surface area contributed by atoms with E-state index in [2.05, 4.69) is 17.1 Å². The van der Waals surface area contributed by atoms with Crippen molar-refractivity contribution >= 4 is 5.91 Å². The lowest BCUT2D eigenvalue weighted by atomic mass is 9.84. The molecule has 0 radical (unpaired) electrons. The van der Waals surface area contributed by atoms with Crippen LogP contribution in [0.3, 0.4) is 0 Å². The molecule has 1 N–H and O–H groups in total. The predicted octanol–water partition coefficient (Wildman–Crippen LogP) is 1.70. The maximum absolute atomic E-state index is 12.8. The van der Waals surface area contributed by atoms with Crippen molar-refractivity contribution in [2.24, 2.45) is 5.92 Å². The van der Waals surface area contributed by atoms with E-state index in [-0.39, 0.29) is 29.5 Å². The number of amides is 1. The standard InChI is InChI=1S/C18H30N2O3/c1-13(19-17(21)15-12-14-4-5-16(15)23-14)18(6-2-3-7-18)20-8-10-22-11-9-20/h13-16H,2-12H2,1H3,(H,19,21)/t13-,14-,15+,16-/m1/s1. The van der Waals surface area contributed by atoms with E-state index in [4.69, 9.17) is 9.47 Å². The highest BCUT2D eigenvalue weighted by atomic mass is 16.5. The van der Waals surface area contributed by atoms with Gasteiger partial charge in [0.1, 0.15) is 0 Å². The molecular weight excluding hydrogens is 292 g/mol. The average Bonchev–Trinajstić information content (AvgIpc) is 3.32. The zero-order valence-electron chi connectivity index (χ0n) is 14.3. The number of carbonyl (C=O) groups excluding carboxylic acids is 1. The Hall–Kier alpha value is -0.650. The Bertz CT molecular complexity index is 444. The molecule has 0 aromatic carbocycles. The van der Waals surface area contributed by atoms with E-state index in [9.17, 15) is 4.79 Å². The molecule has 0 aromatic heterocycles. The number of nitrogens with zero attached hydrogens (tertiary/aromatic N) is 1. The van der Waals surface area contributed by atoms with Crippen LogP contribution in [0.4, 0.5) is 0 Å². The van der Waals surface area contributed by atoms with Gasteiger partial charge < -0.3 is 14.8 Å². The summed E-state index contributed by atoms with van der Waals surface area (Å²) in [5.74, 6) is 0.309. The van der Waals surface area contributed by atoms with Gasteiger partial charge in [0.05, 0.1) is 31.3 Å². The summed E-state index contributed by atoms with van der Waals surface area (Å²) < 4.78 is 11.4. The number of ether oxygens (including phenoxy) is 2. The van der Waals surface area contributed by atoms with Crippen LogP contribution in [0.5, 0.6) is 0 Å². The molecular formula is C18H30N2O3. The minimum Gasteiger partial charge on any atom is -0.379 e. The molecule has 1 aliphatic carbocycles. The largest absolute Gasteiger partial charge is 0.379 e. The normalized spacial score (nSPS) is 37.9. The number of fused-ring (bicyclic) bond motifs is 2. The van der Waals surface area contributed by atoms with Crippen molar-refractivity contribution in [3.05, 3.63) is 0 Å². The van der Waals surface area contributed by atoms with Crippen molar-refractivity contribution in [1.82, 2.24) is 10.2 Å². The summed E-state index contributed by atoms with van der Waals surface area (Å²) in [6.07, 6.45) is 8.58. The molecule has 0 spiro atoms. The van der Waals surface area contributed by atoms with E-state index < -0.39 is 0 Å². The lowest BCUT2D eigenvalue weighted by molar-refractivity contribution is -0.129. The molecule has 1 amide bonds. The fourth-order valence-corrected chi connectivity index (χ4v) is 5.39. The first-order chi connectivity index (χ1) is 11.2. The molecule has 130 valence electrons. The van der Waals surface area contributed by atoms with E-state index in [0.717, 1.165) is 45.6 Å². The summed E-state index contributed by atoms with van der Waals surface area (Å²) in [5.41, 5.74) is 0.137. The topological polar surface area (TPSA) is 50.8 Å². The second kappa shape index (κ2) is 6.34. The van der Waals surface area contributed by atoms with Crippen LogP contribution in [0, 0.1) is 5.92 Å². The van der Waals surface area contributed by atoms with E-state index in [1.807, 2.05) is 0 Å². The van der Waals surface area contributed by atoms with Gasteiger partial charge in [-0.15, -0.1) is 0 Å². The molecule has 4 aliphatic rings. The van der Waals surface area contributed by atoms with Crippen LogP contribution in [0.1, 0.15) is 51.9 Å². The minimum absolute atomic E-state index is 0.0827. The van der Waals surface area contributed by atoms with E-state index in [1.165, 1.54) is 25.7 Å². The highest BCUT2D eigenvalue weighted by molar-refractivity contribution is 5.80. The molecule has 5 nitrogen and oxygen atoms in total. The first-order valence-electron chi connectivity index (χ1n) is 9.48. The smallest absolute Gasteiger partial charge is 0.226 e. The van der Waals surface area contributed by atoms with Gasteiger partial charge in [-0.05, 0) is 39.0 Å². The van der Waals surface area contributed by atoms with Gasteiger partial charge in [0.25, 0.3) is 0 Å². The van der Waals surface area contributed by atoms with E-state index in [0.29, 0.717) is 6.10 Å². The van der Waals surface area contributed by atoms with Crippen LogP contribution in [0.15, 0.2) is 0 Å². The third-order valence-corrected chi connectivity index (χ3v) is 6.72. The van der Waals surface area contributed by atoms with Gasteiger partial charge in [0, 0.05) is 24.7 Å². The van der Waals surface area contributed by atoms with Gasteiger partial charge in [-0.1, -0.05) is 12.8 Å². The van der Waals surface area contributed by atoms with Crippen molar-refractivity contribution in [1.29, 1.82) is 0 Å². The summed E-state index contributed by atoms with van der Waals surface area (Å²) in [7, 11) is 0. The summed E-state index contributed by atoms with van der Waals surface area (Å²) in [6.45, 7) is 5.85. The SMILES string of the molecule is C[C@@H](NC(=O)[C@H]1C[C@H]2CC[C@H]1O2)C1(N2CCOCC2)CCCC1. The van der Waals surface area contributed by atoms with Crippen molar-refractivity contribution in [3.63, 3.8) is 0 Å². The third kappa shape index (κ3) is 2.81. The van der Waals surface area contributed by atoms with E-state index in [1.54, 1.807) is 0 Å². The number of morpholine rings is 1. The maximum Gasteiger partial charge on any atom is 0.226 e. The molecule has 23 heavy (non-hydrogen) atoms. The van der Waals surface area contributed by atoms with Gasteiger partial charge >= 0.3 is 0 Å². The maximum atomic E-state index is 12.8. The zero-order chi connectivity index (χ0) is 15.9. The molecule has 0 aromatic rings. The number of hydrogen-bond acceptors (Lipinski definition) is 4. The Morgan fingerprint density at radius 2 is 1.96 bits per heavy atom.